The molecule has 0 amide bonds. The van der Waals surface area contributed by atoms with Gasteiger partial charge in [0.2, 0.25) is 0 Å². The number of allylic oxidation sites excluding steroid dienone is 6. The topological polar surface area (TPSA) is 108 Å². The Morgan fingerprint density at radius 3 is 0.976 bits per heavy atom. The molecule has 0 saturated carbocycles. The van der Waals surface area contributed by atoms with Gasteiger partial charge in [0.15, 0.2) is 6.10 Å². The zero-order valence-electron chi connectivity index (χ0n) is 56.6. The summed E-state index contributed by atoms with van der Waals surface area (Å²) in [6, 6.07) is 0. The summed E-state index contributed by atoms with van der Waals surface area (Å²) in [6.45, 7) is 4.89. The van der Waals surface area contributed by atoms with Crippen molar-refractivity contribution in [3.63, 3.8) is 0 Å². The molecule has 2 unspecified atom stereocenters. The minimum absolute atomic E-state index is 0.184. The number of likely N-dealkylation sites (N-methyl/N-ethyl adjacent to an activating group) is 1. The van der Waals surface area contributed by atoms with E-state index < -0.39 is 24.3 Å². The van der Waals surface area contributed by atoms with Gasteiger partial charge in [-0.05, 0) is 51.4 Å². The first-order valence-corrected chi connectivity index (χ1v) is 36.7. The first-order chi connectivity index (χ1) is 41.1. The van der Waals surface area contributed by atoms with Gasteiger partial charge in [0, 0.05) is 12.8 Å². The number of carbonyl (C=O) groups is 3. The number of carbonyl (C=O) groups excluding carboxylic acids is 2. The summed E-state index contributed by atoms with van der Waals surface area (Å²) < 4.78 is 23.0. The van der Waals surface area contributed by atoms with E-state index in [1.165, 1.54) is 276 Å². The Morgan fingerprint density at radius 1 is 0.357 bits per heavy atom. The van der Waals surface area contributed by atoms with Gasteiger partial charge in [0.05, 0.1) is 34.4 Å². The average molecular weight is 1190 g/mol. The average Bonchev–Trinajstić information content (AvgIpc) is 3.55. The molecule has 0 saturated heterocycles. The molecule has 0 aliphatic heterocycles. The highest BCUT2D eigenvalue weighted by atomic mass is 16.7. The van der Waals surface area contributed by atoms with Crippen LogP contribution in [0.15, 0.2) is 36.5 Å². The quantitative estimate of drug-likeness (QED) is 0.0211. The highest BCUT2D eigenvalue weighted by Crippen LogP contribution is 2.19. The molecule has 0 rings (SSSR count). The summed E-state index contributed by atoms with van der Waals surface area (Å²) in [5.74, 6) is -2.00. The van der Waals surface area contributed by atoms with Crippen molar-refractivity contribution >= 4 is 17.9 Å². The monoisotopic (exact) mass is 1190 g/mol. The molecule has 0 heterocycles. The maximum Gasteiger partial charge on any atom is 0.361 e. The Balaban J connectivity index is 3.92. The Labute approximate surface area is 521 Å². The van der Waals surface area contributed by atoms with E-state index in [9.17, 15) is 19.5 Å². The summed E-state index contributed by atoms with van der Waals surface area (Å²) in [6.07, 6.45) is 81.6. The Hall–Kier alpha value is -2.49. The normalized spacial score (nSPS) is 12.8. The highest BCUT2D eigenvalue weighted by molar-refractivity contribution is 5.71. The number of rotatable bonds is 69. The molecule has 9 heteroatoms. The van der Waals surface area contributed by atoms with Gasteiger partial charge in [-0.15, -0.1) is 0 Å². The van der Waals surface area contributed by atoms with Gasteiger partial charge >= 0.3 is 17.9 Å². The number of aliphatic carboxylic acids is 1. The maximum atomic E-state index is 12.9. The minimum atomic E-state index is -1.51. The van der Waals surface area contributed by atoms with Crippen LogP contribution in [0, 0.1) is 0 Å². The lowest BCUT2D eigenvalue weighted by molar-refractivity contribution is -0.870. The summed E-state index contributed by atoms with van der Waals surface area (Å²) in [5.41, 5.74) is 0. The number of unbranched alkanes of at least 4 members (excludes halogenated alkanes) is 48. The molecule has 0 aliphatic carbocycles. The molecule has 9 nitrogen and oxygen atoms in total. The largest absolute Gasteiger partial charge is 0.477 e. The van der Waals surface area contributed by atoms with E-state index in [0.29, 0.717) is 23.9 Å². The van der Waals surface area contributed by atoms with Crippen molar-refractivity contribution in [1.82, 2.24) is 0 Å². The molecule has 0 radical (unpaired) electrons. The number of hydrogen-bond acceptors (Lipinski definition) is 7. The molecule has 2 atom stereocenters. The molecular formula is C75H142NO8+. The number of carboxylic acids is 1. The zero-order valence-corrected chi connectivity index (χ0v) is 56.6. The van der Waals surface area contributed by atoms with E-state index >= 15 is 0 Å². The minimum Gasteiger partial charge on any atom is -0.477 e. The third-order valence-corrected chi connectivity index (χ3v) is 16.6. The smallest absolute Gasteiger partial charge is 0.361 e. The Bertz CT molecular complexity index is 1470. The summed E-state index contributed by atoms with van der Waals surface area (Å²) >= 11 is 0. The van der Waals surface area contributed by atoms with Crippen molar-refractivity contribution in [3.05, 3.63) is 36.5 Å². The van der Waals surface area contributed by atoms with Gasteiger partial charge < -0.3 is 28.5 Å². The standard InChI is InChI=1S/C75H141NO8/c1-6-8-10-12-14-16-18-20-22-24-26-27-28-29-30-31-32-33-34-35-36-37-38-39-40-41-42-43-44-45-46-48-49-51-53-55-57-59-61-63-65-72(77)82-69-71(70-83-75(74(79)80)81-68-67-76(3,4)5)84-73(78)66-64-62-60-58-56-54-52-50-47-25-23-21-19-17-15-13-11-9-7-2/h15,17,21,23,47,50,71,75H,6-14,16,18-20,22,24-46,48-49,51-70H2,1-5H3/p+1/b17-15-,23-21-,50-47-. The van der Waals surface area contributed by atoms with Crippen molar-refractivity contribution in [1.29, 1.82) is 0 Å². The fourth-order valence-corrected chi connectivity index (χ4v) is 11.0. The van der Waals surface area contributed by atoms with E-state index in [4.69, 9.17) is 18.9 Å². The first-order valence-electron chi connectivity index (χ1n) is 36.7. The molecule has 84 heavy (non-hydrogen) atoms. The van der Waals surface area contributed by atoms with Crippen molar-refractivity contribution in [2.45, 2.75) is 379 Å². The van der Waals surface area contributed by atoms with Crippen LogP contribution in [-0.4, -0.2) is 87.4 Å². The number of esters is 2. The van der Waals surface area contributed by atoms with Crippen LogP contribution in [0.25, 0.3) is 0 Å². The van der Waals surface area contributed by atoms with Crippen molar-refractivity contribution in [2.75, 3.05) is 47.5 Å². The third kappa shape index (κ3) is 67.0. The fourth-order valence-electron chi connectivity index (χ4n) is 11.0. The van der Waals surface area contributed by atoms with E-state index in [1.807, 2.05) is 21.1 Å². The summed E-state index contributed by atoms with van der Waals surface area (Å²) in [5, 5.41) is 9.73. The van der Waals surface area contributed by atoms with Crippen LogP contribution >= 0.6 is 0 Å². The number of ether oxygens (including phenoxy) is 4. The second-order valence-electron chi connectivity index (χ2n) is 26.3. The summed E-state index contributed by atoms with van der Waals surface area (Å²) in [4.78, 5) is 37.6. The van der Waals surface area contributed by atoms with Gasteiger partial charge in [-0.1, -0.05) is 339 Å². The lowest BCUT2D eigenvalue weighted by atomic mass is 10.0. The summed E-state index contributed by atoms with van der Waals surface area (Å²) in [7, 11) is 5.98. The highest BCUT2D eigenvalue weighted by Gasteiger charge is 2.25. The second kappa shape index (κ2) is 66.5. The van der Waals surface area contributed by atoms with Crippen LogP contribution in [0.3, 0.4) is 0 Å². The maximum absolute atomic E-state index is 12.9. The molecule has 0 aromatic heterocycles. The lowest BCUT2D eigenvalue weighted by Crippen LogP contribution is -2.40. The molecule has 0 fully saturated rings. The first kappa shape index (κ1) is 81.5. The fraction of sp³-hybridized carbons (Fsp3) is 0.880. The number of hydrogen-bond donors (Lipinski definition) is 1. The van der Waals surface area contributed by atoms with Crippen LogP contribution in [0.5, 0.6) is 0 Å². The third-order valence-electron chi connectivity index (χ3n) is 16.6. The van der Waals surface area contributed by atoms with Crippen LogP contribution in [0.4, 0.5) is 0 Å². The molecule has 1 N–H and O–H groups in total. The zero-order chi connectivity index (χ0) is 61.2. The predicted octanol–water partition coefficient (Wildman–Crippen LogP) is 22.8. The SMILES string of the molecule is CCCCC/C=C\C/C=C\C/C=C\CCCCCCCCC(=O)OC(COC(=O)CCCCCCCCCCCCCCCCCCCCCCCCCCCCCCCCCCCCCCCCCC)COC(OCC[N+](C)(C)C)C(=O)O. The van der Waals surface area contributed by atoms with Crippen LogP contribution < -0.4 is 0 Å². The van der Waals surface area contributed by atoms with Crippen LogP contribution in [-0.2, 0) is 33.3 Å². The van der Waals surface area contributed by atoms with Gasteiger partial charge in [-0.3, -0.25) is 9.59 Å². The molecule has 0 spiro atoms. The van der Waals surface area contributed by atoms with Crippen molar-refractivity contribution < 1.29 is 42.9 Å². The molecule has 0 aliphatic rings. The van der Waals surface area contributed by atoms with E-state index in [1.54, 1.807) is 0 Å². The van der Waals surface area contributed by atoms with E-state index in [-0.39, 0.29) is 32.2 Å². The molecule has 0 bridgehead atoms. The van der Waals surface area contributed by atoms with Gasteiger partial charge in [0.25, 0.3) is 6.29 Å². The van der Waals surface area contributed by atoms with Gasteiger partial charge in [0.1, 0.15) is 13.2 Å². The molecule has 0 aromatic rings. The Morgan fingerprint density at radius 2 is 0.643 bits per heavy atom. The number of nitrogens with zero attached hydrogens (tertiary/aromatic N) is 1. The van der Waals surface area contributed by atoms with E-state index in [2.05, 4.69) is 50.3 Å². The van der Waals surface area contributed by atoms with Crippen LogP contribution in [0.1, 0.15) is 367 Å². The predicted molar refractivity (Wildman–Crippen MR) is 360 cm³/mol. The Kier molecular flexibility index (Phi) is 64.5. The number of carboxylic acid groups (broad SMARTS) is 1. The van der Waals surface area contributed by atoms with Crippen molar-refractivity contribution in [2.24, 2.45) is 0 Å². The van der Waals surface area contributed by atoms with Gasteiger partial charge in [-0.25, -0.2) is 4.79 Å². The molecule has 0 aromatic carbocycles. The van der Waals surface area contributed by atoms with Crippen LogP contribution in [0.2, 0.25) is 0 Å². The van der Waals surface area contributed by atoms with E-state index in [0.717, 1.165) is 57.8 Å². The molecular weight excluding hydrogens is 1040 g/mol. The molecule has 494 valence electrons. The van der Waals surface area contributed by atoms with Gasteiger partial charge in [-0.2, -0.15) is 0 Å². The number of quaternary nitrogens is 1. The van der Waals surface area contributed by atoms with Crippen molar-refractivity contribution in [3.8, 4) is 0 Å². The second-order valence-corrected chi connectivity index (χ2v) is 26.3. The lowest BCUT2D eigenvalue weighted by Gasteiger charge is -2.25.